The molecule has 0 unspecified atom stereocenters. The van der Waals surface area contributed by atoms with Gasteiger partial charge in [-0.05, 0) is 24.3 Å². The Morgan fingerprint density at radius 1 is 1.17 bits per heavy atom. The summed E-state index contributed by atoms with van der Waals surface area (Å²) >= 11 is 3.14. The molecule has 8 heteroatoms. The zero-order valence-corrected chi connectivity index (χ0v) is 17.3. The molecule has 0 saturated heterocycles. The van der Waals surface area contributed by atoms with Crippen molar-refractivity contribution >= 4 is 48.9 Å². The first-order chi connectivity index (χ1) is 14.1. The molecule has 6 nitrogen and oxygen atoms in total. The molecule has 4 heterocycles. The number of hydrogen-bond acceptors (Lipinski definition) is 6. The first-order valence-electron chi connectivity index (χ1n) is 8.91. The predicted molar refractivity (Wildman–Crippen MR) is 117 cm³/mol. The van der Waals surface area contributed by atoms with Crippen LogP contribution in [0.1, 0.15) is 10.4 Å². The van der Waals surface area contributed by atoms with E-state index < -0.39 is 0 Å². The number of thiophene rings is 2. The first kappa shape index (κ1) is 17.8. The molecule has 0 radical (unpaired) electrons. The summed E-state index contributed by atoms with van der Waals surface area (Å²) < 4.78 is 10.2. The highest BCUT2D eigenvalue weighted by Crippen LogP contribution is 2.39. The number of imidazole rings is 1. The van der Waals surface area contributed by atoms with Crippen molar-refractivity contribution in [3.63, 3.8) is 0 Å². The van der Waals surface area contributed by atoms with Crippen LogP contribution in [0, 0.1) is 0 Å². The van der Waals surface area contributed by atoms with E-state index in [1.54, 1.807) is 30.8 Å². The lowest BCUT2D eigenvalue weighted by Crippen LogP contribution is -2.17. The maximum absolute atomic E-state index is 12.0. The molecular formula is C21H16N4O2S2. The molecule has 0 aliphatic heterocycles. The maximum atomic E-state index is 12.0. The number of aryl methyl sites for hydroxylation is 1. The number of benzene rings is 1. The third kappa shape index (κ3) is 3.06. The zero-order valence-electron chi connectivity index (χ0n) is 15.7. The second-order valence-electron chi connectivity index (χ2n) is 6.48. The molecule has 4 aromatic heterocycles. The minimum atomic E-state index is -0.0823. The number of nitrogens with one attached hydrogen (secondary N) is 1. The third-order valence-corrected chi connectivity index (χ3v) is 6.74. The lowest BCUT2D eigenvalue weighted by atomic mass is 10.1. The Morgan fingerprint density at radius 3 is 2.86 bits per heavy atom. The van der Waals surface area contributed by atoms with Gasteiger partial charge < -0.3 is 14.6 Å². The summed E-state index contributed by atoms with van der Waals surface area (Å²) in [4.78, 5) is 21.9. The summed E-state index contributed by atoms with van der Waals surface area (Å²) in [5.41, 5.74) is 1.56. The van der Waals surface area contributed by atoms with Crippen molar-refractivity contribution in [2.45, 2.75) is 0 Å². The van der Waals surface area contributed by atoms with Crippen LogP contribution in [0.3, 0.4) is 0 Å². The van der Waals surface area contributed by atoms with E-state index in [2.05, 4.69) is 15.3 Å². The highest BCUT2D eigenvalue weighted by atomic mass is 32.1. The van der Waals surface area contributed by atoms with Crippen LogP contribution in [0.15, 0.2) is 54.3 Å². The number of fused-ring (bicyclic) bond motifs is 2. The Bertz CT molecular complexity index is 1370. The van der Waals surface area contributed by atoms with Gasteiger partial charge in [-0.2, -0.15) is 0 Å². The number of ether oxygens (including phenoxy) is 1. The molecule has 144 valence electrons. The van der Waals surface area contributed by atoms with Crippen molar-refractivity contribution in [3.05, 3.63) is 59.9 Å². The summed E-state index contributed by atoms with van der Waals surface area (Å²) in [6, 6.07) is 9.69. The van der Waals surface area contributed by atoms with Crippen LogP contribution >= 0.6 is 22.7 Å². The molecule has 1 N–H and O–H groups in total. The SMILES string of the molecule is CNC(=O)c1csc2cc(Oc3ccnc4cc(-c5nccn5C)sc34)ccc12. The molecular weight excluding hydrogens is 404 g/mol. The van der Waals surface area contributed by atoms with Gasteiger partial charge in [0.2, 0.25) is 0 Å². The van der Waals surface area contributed by atoms with Gasteiger partial charge in [-0.1, -0.05) is 0 Å². The van der Waals surface area contributed by atoms with E-state index >= 15 is 0 Å². The maximum Gasteiger partial charge on any atom is 0.252 e. The van der Waals surface area contributed by atoms with Crippen LogP contribution in [0.5, 0.6) is 11.5 Å². The van der Waals surface area contributed by atoms with E-state index in [-0.39, 0.29) is 5.91 Å². The number of hydrogen-bond donors (Lipinski definition) is 1. The van der Waals surface area contributed by atoms with E-state index in [0.717, 1.165) is 42.5 Å². The van der Waals surface area contributed by atoms with E-state index in [0.29, 0.717) is 5.56 Å². The smallest absolute Gasteiger partial charge is 0.252 e. The monoisotopic (exact) mass is 420 g/mol. The van der Waals surface area contributed by atoms with Crippen molar-refractivity contribution in [1.29, 1.82) is 0 Å². The van der Waals surface area contributed by atoms with Gasteiger partial charge in [-0.3, -0.25) is 9.78 Å². The Morgan fingerprint density at radius 2 is 2.07 bits per heavy atom. The van der Waals surface area contributed by atoms with E-state index in [1.165, 1.54) is 11.3 Å². The average molecular weight is 421 g/mol. The van der Waals surface area contributed by atoms with Crippen LogP contribution in [0.2, 0.25) is 0 Å². The van der Waals surface area contributed by atoms with Crippen molar-refractivity contribution < 1.29 is 9.53 Å². The summed E-state index contributed by atoms with van der Waals surface area (Å²) in [6.45, 7) is 0. The molecule has 0 saturated carbocycles. The van der Waals surface area contributed by atoms with Crippen LogP contribution in [0.25, 0.3) is 31.0 Å². The number of pyridine rings is 1. The second-order valence-corrected chi connectivity index (χ2v) is 8.45. The van der Waals surface area contributed by atoms with Gasteiger partial charge in [0.1, 0.15) is 17.3 Å². The van der Waals surface area contributed by atoms with Crippen LogP contribution in [-0.2, 0) is 7.05 Å². The molecule has 0 aliphatic carbocycles. The first-order valence-corrected chi connectivity index (χ1v) is 10.6. The number of amides is 1. The molecule has 0 aliphatic rings. The Hall–Kier alpha value is -3.23. The largest absolute Gasteiger partial charge is 0.456 e. The van der Waals surface area contributed by atoms with Gasteiger partial charge in [0, 0.05) is 54.2 Å². The molecule has 0 atom stereocenters. The molecule has 29 heavy (non-hydrogen) atoms. The van der Waals surface area contributed by atoms with Crippen LogP contribution in [-0.4, -0.2) is 27.5 Å². The molecule has 1 aromatic carbocycles. The van der Waals surface area contributed by atoms with Crippen LogP contribution < -0.4 is 10.1 Å². The van der Waals surface area contributed by atoms with Crippen LogP contribution in [0.4, 0.5) is 0 Å². The predicted octanol–water partition coefficient (Wildman–Crippen LogP) is 5.06. The Kier molecular flexibility index (Phi) is 4.30. The fourth-order valence-corrected chi connectivity index (χ4v) is 5.29. The molecule has 1 amide bonds. The molecule has 5 rings (SSSR count). The Balaban J connectivity index is 1.52. The topological polar surface area (TPSA) is 69.0 Å². The minimum Gasteiger partial charge on any atom is -0.456 e. The summed E-state index contributed by atoms with van der Waals surface area (Å²) in [6.07, 6.45) is 5.46. The summed E-state index contributed by atoms with van der Waals surface area (Å²) in [5.74, 6) is 2.30. The van der Waals surface area contributed by atoms with Gasteiger partial charge in [-0.15, -0.1) is 22.7 Å². The van der Waals surface area contributed by atoms with Crippen molar-refractivity contribution in [3.8, 4) is 22.2 Å². The molecule has 5 aromatic rings. The molecule has 0 bridgehead atoms. The van der Waals surface area contributed by atoms with E-state index in [9.17, 15) is 4.79 Å². The van der Waals surface area contributed by atoms with Crippen molar-refractivity contribution in [2.24, 2.45) is 7.05 Å². The minimum absolute atomic E-state index is 0.0823. The van der Waals surface area contributed by atoms with Gasteiger partial charge in [-0.25, -0.2) is 4.98 Å². The number of carbonyl (C=O) groups is 1. The zero-order chi connectivity index (χ0) is 20.0. The highest BCUT2D eigenvalue weighted by Gasteiger charge is 2.15. The van der Waals surface area contributed by atoms with Gasteiger partial charge >= 0.3 is 0 Å². The fourth-order valence-electron chi connectivity index (χ4n) is 3.22. The fraction of sp³-hybridized carbons (Fsp3) is 0.0952. The number of carbonyl (C=O) groups excluding carboxylic acids is 1. The van der Waals surface area contributed by atoms with Gasteiger partial charge in [0.05, 0.1) is 20.7 Å². The highest BCUT2D eigenvalue weighted by molar-refractivity contribution is 7.22. The van der Waals surface area contributed by atoms with Crippen molar-refractivity contribution in [1.82, 2.24) is 19.9 Å². The standard InChI is InChI=1S/C21H16N4O2S2/c1-22-21(26)14-11-28-17-9-12(3-4-13(14)17)27-16-5-6-23-15-10-18(29-19(15)16)20-24-7-8-25(20)2/h3-11H,1-2H3,(H,22,26). The molecule has 0 fully saturated rings. The normalized spacial score (nSPS) is 11.2. The van der Waals surface area contributed by atoms with Gasteiger partial charge in [0.15, 0.2) is 0 Å². The number of rotatable bonds is 4. The van der Waals surface area contributed by atoms with Crippen molar-refractivity contribution in [2.75, 3.05) is 7.05 Å². The van der Waals surface area contributed by atoms with Gasteiger partial charge in [0.25, 0.3) is 5.91 Å². The van der Waals surface area contributed by atoms with E-state index in [1.807, 2.05) is 53.5 Å². The third-order valence-electron chi connectivity index (χ3n) is 4.66. The lowest BCUT2D eigenvalue weighted by Gasteiger charge is -2.07. The lowest BCUT2D eigenvalue weighted by molar-refractivity contribution is 0.0965. The average Bonchev–Trinajstić information content (AvgIpc) is 3.44. The molecule has 0 spiro atoms. The van der Waals surface area contributed by atoms with E-state index in [4.69, 9.17) is 4.74 Å². The summed E-state index contributed by atoms with van der Waals surface area (Å²) in [5, 5.41) is 5.47. The summed E-state index contributed by atoms with van der Waals surface area (Å²) in [7, 11) is 3.61. The second kappa shape index (κ2) is 6.98. The number of aromatic nitrogens is 3. The Labute approximate surface area is 174 Å². The number of nitrogens with zero attached hydrogens (tertiary/aromatic N) is 3. The quantitative estimate of drug-likeness (QED) is 0.441.